The van der Waals surface area contributed by atoms with E-state index in [1.807, 2.05) is 6.92 Å². The Morgan fingerprint density at radius 2 is 2.22 bits per heavy atom. The number of hydrogen-bond donors (Lipinski definition) is 1. The molecule has 2 nitrogen and oxygen atoms in total. The van der Waals surface area contributed by atoms with Gasteiger partial charge in [-0.3, -0.25) is 0 Å². The molecule has 0 radical (unpaired) electrons. The van der Waals surface area contributed by atoms with Crippen LogP contribution in [-0.4, -0.2) is 20.2 Å². The summed E-state index contributed by atoms with van der Waals surface area (Å²) in [6.07, 6.45) is 0.712. The van der Waals surface area contributed by atoms with Crippen LogP contribution < -0.4 is 10.1 Å². The summed E-state index contributed by atoms with van der Waals surface area (Å²) in [6.45, 7) is 3.34. The second-order valence-electron chi connectivity index (χ2n) is 4.97. The lowest BCUT2D eigenvalue weighted by Crippen LogP contribution is -2.21. The zero-order valence-corrected chi connectivity index (χ0v) is 10.8. The van der Waals surface area contributed by atoms with E-state index in [0.717, 1.165) is 18.5 Å². The van der Waals surface area contributed by atoms with E-state index in [0.29, 0.717) is 6.54 Å². The van der Waals surface area contributed by atoms with E-state index in [1.165, 1.54) is 13.2 Å². The monoisotopic (exact) mass is 255 g/mol. The minimum absolute atomic E-state index is 0.0110. The maximum absolute atomic E-state index is 14.3. The van der Waals surface area contributed by atoms with Crippen molar-refractivity contribution in [2.75, 3.05) is 20.2 Å². The van der Waals surface area contributed by atoms with Crippen molar-refractivity contribution >= 4 is 0 Å². The second kappa shape index (κ2) is 5.22. The van der Waals surface area contributed by atoms with Crippen LogP contribution >= 0.6 is 0 Å². The molecule has 1 fully saturated rings. The number of ether oxygens (including phenoxy) is 1. The second-order valence-corrected chi connectivity index (χ2v) is 4.97. The molecule has 1 aliphatic rings. The van der Waals surface area contributed by atoms with Crippen molar-refractivity contribution < 1.29 is 13.5 Å². The van der Waals surface area contributed by atoms with Crippen molar-refractivity contribution in [1.29, 1.82) is 0 Å². The van der Waals surface area contributed by atoms with E-state index in [-0.39, 0.29) is 23.7 Å². The summed E-state index contributed by atoms with van der Waals surface area (Å²) in [4.78, 5) is 0. The van der Waals surface area contributed by atoms with E-state index >= 15 is 0 Å². The number of halogens is 2. The molecule has 1 aromatic carbocycles. The van der Waals surface area contributed by atoms with Gasteiger partial charge in [0, 0.05) is 6.42 Å². The Hall–Kier alpha value is -1.16. The highest BCUT2D eigenvalue weighted by Gasteiger charge is 2.38. The molecule has 1 atom stereocenters. The Labute approximate surface area is 106 Å². The molecule has 0 aromatic heterocycles. The van der Waals surface area contributed by atoms with E-state index in [9.17, 15) is 8.78 Å². The molecule has 1 N–H and O–H groups in total. The number of rotatable bonds is 4. The molecule has 1 unspecified atom stereocenters. The van der Waals surface area contributed by atoms with Gasteiger partial charge in [-0.05, 0) is 44.5 Å². The third kappa shape index (κ3) is 2.80. The fourth-order valence-corrected chi connectivity index (χ4v) is 2.47. The summed E-state index contributed by atoms with van der Waals surface area (Å²) in [7, 11) is 1.43. The highest BCUT2D eigenvalue weighted by molar-refractivity contribution is 5.39. The highest BCUT2D eigenvalue weighted by atomic mass is 19.3. The van der Waals surface area contributed by atoms with Gasteiger partial charge < -0.3 is 10.1 Å². The predicted molar refractivity (Wildman–Crippen MR) is 67.2 cm³/mol. The molecule has 1 saturated heterocycles. The molecule has 0 bridgehead atoms. The van der Waals surface area contributed by atoms with Gasteiger partial charge in [0.1, 0.15) is 5.75 Å². The Morgan fingerprint density at radius 3 is 2.83 bits per heavy atom. The fourth-order valence-electron chi connectivity index (χ4n) is 2.47. The summed E-state index contributed by atoms with van der Waals surface area (Å²) in [5.41, 5.74) is 0.840. The van der Waals surface area contributed by atoms with Gasteiger partial charge in [-0.1, -0.05) is 11.6 Å². The van der Waals surface area contributed by atoms with Crippen molar-refractivity contribution in [2.24, 2.45) is 5.92 Å². The zero-order valence-electron chi connectivity index (χ0n) is 10.8. The fraction of sp³-hybridized carbons (Fsp3) is 0.571. The van der Waals surface area contributed by atoms with E-state index in [4.69, 9.17) is 4.74 Å². The summed E-state index contributed by atoms with van der Waals surface area (Å²) < 4.78 is 33.7. The maximum Gasteiger partial charge on any atom is 0.277 e. The molecule has 0 spiro atoms. The largest absolute Gasteiger partial charge is 0.496 e. The molecular weight excluding hydrogens is 236 g/mol. The summed E-state index contributed by atoms with van der Waals surface area (Å²) >= 11 is 0. The van der Waals surface area contributed by atoms with Crippen molar-refractivity contribution in [2.45, 2.75) is 25.7 Å². The normalized spacial score (nSPS) is 20.1. The van der Waals surface area contributed by atoms with Gasteiger partial charge in [0.05, 0.1) is 12.7 Å². The third-order valence-electron chi connectivity index (χ3n) is 3.46. The van der Waals surface area contributed by atoms with Crippen molar-refractivity contribution in [3.8, 4) is 5.75 Å². The van der Waals surface area contributed by atoms with Crippen LogP contribution in [0.1, 0.15) is 24.0 Å². The van der Waals surface area contributed by atoms with E-state index < -0.39 is 5.92 Å². The number of methoxy groups -OCH3 is 1. The minimum atomic E-state index is -2.83. The molecule has 1 aromatic rings. The van der Waals surface area contributed by atoms with Gasteiger partial charge in [-0.15, -0.1) is 0 Å². The van der Waals surface area contributed by atoms with Gasteiger partial charge in [0.15, 0.2) is 0 Å². The summed E-state index contributed by atoms with van der Waals surface area (Å²) in [6, 6.07) is 4.93. The Kier molecular flexibility index (Phi) is 3.85. The van der Waals surface area contributed by atoms with Gasteiger partial charge in [0.25, 0.3) is 5.92 Å². The highest BCUT2D eigenvalue weighted by Crippen LogP contribution is 2.41. The van der Waals surface area contributed by atoms with Crippen LogP contribution in [0.3, 0.4) is 0 Å². The standard InChI is InChI=1S/C14H19F2NO/c1-10-3-4-13(18-2)12(7-10)14(15,16)8-11-5-6-17-9-11/h3-4,7,11,17H,5-6,8-9H2,1-2H3. The van der Waals surface area contributed by atoms with Crippen LogP contribution in [0.25, 0.3) is 0 Å². The van der Waals surface area contributed by atoms with Crippen LogP contribution in [0.2, 0.25) is 0 Å². The third-order valence-corrected chi connectivity index (χ3v) is 3.46. The van der Waals surface area contributed by atoms with Crippen LogP contribution in [0.4, 0.5) is 8.78 Å². The van der Waals surface area contributed by atoms with E-state index in [1.54, 1.807) is 12.1 Å². The summed E-state index contributed by atoms with van der Waals surface area (Å²) in [5, 5.41) is 3.12. The SMILES string of the molecule is COc1ccc(C)cc1C(F)(F)CC1CCNC1. The first kappa shape index (κ1) is 13.3. The Balaban J connectivity index is 2.24. The molecular formula is C14H19F2NO. The lowest BCUT2D eigenvalue weighted by atomic mass is 9.94. The van der Waals surface area contributed by atoms with Gasteiger partial charge in [0.2, 0.25) is 0 Å². The van der Waals surface area contributed by atoms with Gasteiger partial charge >= 0.3 is 0 Å². The summed E-state index contributed by atoms with van der Waals surface area (Å²) in [5.74, 6) is -2.50. The van der Waals surface area contributed by atoms with Crippen LogP contribution in [-0.2, 0) is 5.92 Å². The lowest BCUT2D eigenvalue weighted by Gasteiger charge is -2.22. The molecule has 0 aliphatic carbocycles. The maximum atomic E-state index is 14.3. The quantitative estimate of drug-likeness (QED) is 0.892. The first-order valence-electron chi connectivity index (χ1n) is 6.26. The molecule has 0 amide bonds. The molecule has 100 valence electrons. The van der Waals surface area contributed by atoms with Gasteiger partial charge in [-0.2, -0.15) is 0 Å². The topological polar surface area (TPSA) is 21.3 Å². The predicted octanol–water partition coefficient (Wildman–Crippen LogP) is 3.10. The van der Waals surface area contributed by atoms with Gasteiger partial charge in [-0.25, -0.2) is 8.78 Å². The first-order valence-corrected chi connectivity index (χ1v) is 6.26. The number of benzene rings is 1. The molecule has 4 heteroatoms. The van der Waals surface area contributed by atoms with Crippen molar-refractivity contribution in [3.63, 3.8) is 0 Å². The van der Waals surface area contributed by atoms with Crippen LogP contribution in [0.15, 0.2) is 18.2 Å². The molecule has 1 aliphatic heterocycles. The van der Waals surface area contributed by atoms with Crippen LogP contribution in [0.5, 0.6) is 5.75 Å². The van der Waals surface area contributed by atoms with Crippen molar-refractivity contribution in [3.05, 3.63) is 29.3 Å². The lowest BCUT2D eigenvalue weighted by molar-refractivity contribution is -0.0287. The Bertz CT molecular complexity index is 414. The molecule has 2 rings (SSSR count). The number of hydrogen-bond acceptors (Lipinski definition) is 2. The van der Waals surface area contributed by atoms with Crippen molar-refractivity contribution in [1.82, 2.24) is 5.32 Å². The average molecular weight is 255 g/mol. The molecule has 1 heterocycles. The average Bonchev–Trinajstić information content (AvgIpc) is 2.81. The minimum Gasteiger partial charge on any atom is -0.496 e. The number of nitrogens with one attached hydrogen (secondary N) is 1. The number of aryl methyl sites for hydroxylation is 1. The number of alkyl halides is 2. The Morgan fingerprint density at radius 1 is 1.44 bits per heavy atom. The van der Waals surface area contributed by atoms with E-state index in [2.05, 4.69) is 5.32 Å². The molecule has 18 heavy (non-hydrogen) atoms. The molecule has 0 saturated carbocycles. The smallest absolute Gasteiger partial charge is 0.277 e. The van der Waals surface area contributed by atoms with Crippen LogP contribution in [0, 0.1) is 12.8 Å². The first-order chi connectivity index (χ1) is 8.53. The zero-order chi connectivity index (χ0) is 13.2.